The number of hydrogen-bond donors (Lipinski definition) is 3. The van der Waals surface area contributed by atoms with Crippen LogP contribution in [0.2, 0.25) is 0 Å². The van der Waals surface area contributed by atoms with Crippen molar-refractivity contribution in [1.82, 2.24) is 10.6 Å². The van der Waals surface area contributed by atoms with Crippen LogP contribution in [0, 0.1) is 12.8 Å². The van der Waals surface area contributed by atoms with Crippen LogP contribution < -0.4 is 10.6 Å². The van der Waals surface area contributed by atoms with Crippen LogP contribution in [-0.2, 0) is 6.54 Å². The van der Waals surface area contributed by atoms with Crippen LogP contribution in [0.3, 0.4) is 0 Å². The molecule has 0 saturated carbocycles. The highest BCUT2D eigenvalue weighted by molar-refractivity contribution is 5.85. The van der Waals surface area contributed by atoms with Gasteiger partial charge in [0.15, 0.2) is 0 Å². The molecular formula is C13H21ClN2O. The van der Waals surface area contributed by atoms with E-state index in [0.717, 1.165) is 26.2 Å². The average molecular weight is 257 g/mol. The topological polar surface area (TPSA) is 44.3 Å². The molecule has 17 heavy (non-hydrogen) atoms. The first-order chi connectivity index (χ1) is 7.75. The van der Waals surface area contributed by atoms with Crippen molar-refractivity contribution in [3.8, 4) is 0 Å². The Morgan fingerprint density at radius 1 is 1.29 bits per heavy atom. The molecule has 0 bridgehead atoms. The van der Waals surface area contributed by atoms with E-state index in [4.69, 9.17) is 0 Å². The van der Waals surface area contributed by atoms with E-state index >= 15 is 0 Å². The second kappa shape index (κ2) is 6.97. The third-order valence-electron chi connectivity index (χ3n) is 3.16. The molecule has 1 saturated heterocycles. The van der Waals surface area contributed by atoms with Crippen LogP contribution in [0.15, 0.2) is 24.3 Å². The van der Waals surface area contributed by atoms with Crippen LogP contribution in [-0.4, -0.2) is 30.8 Å². The van der Waals surface area contributed by atoms with E-state index < -0.39 is 0 Å². The van der Waals surface area contributed by atoms with Gasteiger partial charge in [-0.15, -0.1) is 12.4 Å². The van der Waals surface area contributed by atoms with Gasteiger partial charge in [0.05, 0.1) is 6.10 Å². The molecule has 0 aromatic heterocycles. The summed E-state index contributed by atoms with van der Waals surface area (Å²) in [5, 5.41) is 16.2. The number of aliphatic hydroxyl groups excluding tert-OH is 1. The molecule has 0 spiro atoms. The fourth-order valence-corrected chi connectivity index (χ4v) is 2.04. The summed E-state index contributed by atoms with van der Waals surface area (Å²) in [5.41, 5.74) is 2.59. The zero-order valence-corrected chi connectivity index (χ0v) is 11.0. The summed E-state index contributed by atoms with van der Waals surface area (Å²) in [5.74, 6) is 0.352. The molecule has 0 amide bonds. The zero-order chi connectivity index (χ0) is 11.4. The van der Waals surface area contributed by atoms with E-state index in [1.807, 2.05) is 0 Å². The highest BCUT2D eigenvalue weighted by atomic mass is 35.5. The summed E-state index contributed by atoms with van der Waals surface area (Å²) in [6, 6.07) is 8.54. The molecule has 96 valence electrons. The van der Waals surface area contributed by atoms with Gasteiger partial charge in [0, 0.05) is 32.1 Å². The fourth-order valence-electron chi connectivity index (χ4n) is 2.04. The Bertz CT molecular complexity index is 329. The molecule has 1 aliphatic heterocycles. The second-order valence-electron chi connectivity index (χ2n) is 4.60. The standard InChI is InChI=1S/C13H20N2O.ClH/c1-10-2-4-11(5-3-10)6-14-7-12-8-15-9-13(12)16;/h2-5,12-16H,6-9H2,1H3;1H. The summed E-state index contributed by atoms with van der Waals surface area (Å²) in [7, 11) is 0. The molecule has 1 aliphatic rings. The predicted molar refractivity (Wildman–Crippen MR) is 72.5 cm³/mol. The smallest absolute Gasteiger partial charge is 0.0716 e. The molecule has 2 unspecified atom stereocenters. The van der Waals surface area contributed by atoms with Crippen LogP contribution >= 0.6 is 12.4 Å². The molecule has 1 aromatic carbocycles. The predicted octanol–water partition coefficient (Wildman–Crippen LogP) is 1.09. The summed E-state index contributed by atoms with van der Waals surface area (Å²) < 4.78 is 0. The van der Waals surface area contributed by atoms with Gasteiger partial charge in [-0.05, 0) is 12.5 Å². The molecule has 3 nitrogen and oxygen atoms in total. The Kier molecular flexibility index (Phi) is 5.92. The van der Waals surface area contributed by atoms with Gasteiger partial charge in [0.25, 0.3) is 0 Å². The van der Waals surface area contributed by atoms with Crippen molar-refractivity contribution >= 4 is 12.4 Å². The Morgan fingerprint density at radius 2 is 2.00 bits per heavy atom. The van der Waals surface area contributed by atoms with E-state index in [1.165, 1.54) is 11.1 Å². The maximum Gasteiger partial charge on any atom is 0.0716 e. The van der Waals surface area contributed by atoms with Gasteiger partial charge in [0.1, 0.15) is 0 Å². The molecule has 1 heterocycles. The number of β-amino-alcohol motifs (C(OH)–C–C–N with tert-alkyl or cyclic N) is 1. The molecule has 3 N–H and O–H groups in total. The molecule has 4 heteroatoms. The van der Waals surface area contributed by atoms with E-state index in [0.29, 0.717) is 5.92 Å². The first kappa shape index (κ1) is 14.5. The molecule has 1 aromatic rings. The minimum atomic E-state index is -0.189. The van der Waals surface area contributed by atoms with Crippen LogP contribution in [0.25, 0.3) is 0 Å². The van der Waals surface area contributed by atoms with Crippen molar-refractivity contribution in [2.75, 3.05) is 19.6 Å². The van der Waals surface area contributed by atoms with Gasteiger partial charge in [-0.1, -0.05) is 29.8 Å². The second-order valence-corrected chi connectivity index (χ2v) is 4.60. The molecule has 0 radical (unpaired) electrons. The number of hydrogen-bond acceptors (Lipinski definition) is 3. The maximum absolute atomic E-state index is 9.62. The number of nitrogens with one attached hydrogen (secondary N) is 2. The Morgan fingerprint density at radius 3 is 2.59 bits per heavy atom. The van der Waals surface area contributed by atoms with E-state index in [9.17, 15) is 5.11 Å². The maximum atomic E-state index is 9.62. The minimum Gasteiger partial charge on any atom is -0.391 e. The van der Waals surface area contributed by atoms with E-state index in [-0.39, 0.29) is 18.5 Å². The molecule has 1 fully saturated rings. The van der Waals surface area contributed by atoms with Gasteiger partial charge < -0.3 is 15.7 Å². The zero-order valence-electron chi connectivity index (χ0n) is 10.1. The van der Waals surface area contributed by atoms with Crippen LogP contribution in [0.5, 0.6) is 0 Å². The SMILES string of the molecule is Cc1ccc(CNCC2CNCC2O)cc1.Cl. The summed E-state index contributed by atoms with van der Waals surface area (Å²) in [4.78, 5) is 0. The van der Waals surface area contributed by atoms with Gasteiger partial charge in [-0.2, -0.15) is 0 Å². The van der Waals surface area contributed by atoms with Crippen molar-refractivity contribution in [3.05, 3.63) is 35.4 Å². The molecule has 0 aliphatic carbocycles. The van der Waals surface area contributed by atoms with Crippen LogP contribution in [0.1, 0.15) is 11.1 Å². The minimum absolute atomic E-state index is 0. The van der Waals surface area contributed by atoms with E-state index in [2.05, 4.69) is 41.8 Å². The lowest BCUT2D eigenvalue weighted by atomic mass is 10.1. The lowest BCUT2D eigenvalue weighted by molar-refractivity contribution is 0.146. The quantitative estimate of drug-likeness (QED) is 0.756. The number of rotatable bonds is 4. The largest absolute Gasteiger partial charge is 0.391 e. The summed E-state index contributed by atoms with van der Waals surface area (Å²) >= 11 is 0. The van der Waals surface area contributed by atoms with Crippen molar-refractivity contribution < 1.29 is 5.11 Å². The monoisotopic (exact) mass is 256 g/mol. The van der Waals surface area contributed by atoms with Gasteiger partial charge in [-0.25, -0.2) is 0 Å². The van der Waals surface area contributed by atoms with Gasteiger partial charge >= 0.3 is 0 Å². The third kappa shape index (κ3) is 4.28. The van der Waals surface area contributed by atoms with Crippen molar-refractivity contribution in [2.24, 2.45) is 5.92 Å². The molecule has 2 rings (SSSR count). The summed E-state index contributed by atoms with van der Waals surface area (Å²) in [6.45, 7) is 5.50. The Balaban J connectivity index is 0.00000144. The molecular weight excluding hydrogens is 236 g/mol. The Hall–Kier alpha value is -0.610. The lowest BCUT2D eigenvalue weighted by Crippen LogP contribution is -2.30. The van der Waals surface area contributed by atoms with E-state index in [1.54, 1.807) is 0 Å². The summed E-state index contributed by atoms with van der Waals surface area (Å²) in [6.07, 6.45) is -0.189. The van der Waals surface area contributed by atoms with Crippen LogP contribution in [0.4, 0.5) is 0 Å². The fraction of sp³-hybridized carbons (Fsp3) is 0.538. The normalized spacial score (nSPS) is 23.4. The highest BCUT2D eigenvalue weighted by Crippen LogP contribution is 2.08. The van der Waals surface area contributed by atoms with Crippen molar-refractivity contribution in [1.29, 1.82) is 0 Å². The number of aliphatic hydroxyl groups is 1. The van der Waals surface area contributed by atoms with Gasteiger partial charge in [-0.3, -0.25) is 0 Å². The van der Waals surface area contributed by atoms with Crippen molar-refractivity contribution in [2.45, 2.75) is 19.6 Å². The van der Waals surface area contributed by atoms with Gasteiger partial charge in [0.2, 0.25) is 0 Å². The first-order valence-electron chi connectivity index (χ1n) is 5.91. The highest BCUT2D eigenvalue weighted by Gasteiger charge is 2.23. The number of aryl methyl sites for hydroxylation is 1. The third-order valence-corrected chi connectivity index (χ3v) is 3.16. The Labute approximate surface area is 109 Å². The average Bonchev–Trinajstić information content (AvgIpc) is 2.68. The number of benzene rings is 1. The first-order valence-corrected chi connectivity index (χ1v) is 5.91. The number of halogens is 1. The molecule has 2 atom stereocenters. The lowest BCUT2D eigenvalue weighted by Gasteiger charge is -2.14. The van der Waals surface area contributed by atoms with Crippen molar-refractivity contribution in [3.63, 3.8) is 0 Å².